The Morgan fingerprint density at radius 3 is 2.41 bits per heavy atom. The molecule has 34 heavy (non-hydrogen) atoms. The summed E-state index contributed by atoms with van der Waals surface area (Å²) in [4.78, 5) is 22.9. The van der Waals surface area contributed by atoms with Gasteiger partial charge < -0.3 is 25.7 Å². The van der Waals surface area contributed by atoms with Crippen molar-refractivity contribution in [3.63, 3.8) is 0 Å². The van der Waals surface area contributed by atoms with Gasteiger partial charge in [-0.3, -0.25) is 9.59 Å². The summed E-state index contributed by atoms with van der Waals surface area (Å²) < 4.78 is 0. The van der Waals surface area contributed by atoms with E-state index in [0.29, 0.717) is 25.7 Å². The van der Waals surface area contributed by atoms with Crippen LogP contribution in [0.4, 0.5) is 0 Å². The van der Waals surface area contributed by atoms with Crippen molar-refractivity contribution >= 4 is 27.8 Å². The minimum absolute atomic E-state index is 0.0582. The van der Waals surface area contributed by atoms with Gasteiger partial charge in [-0.2, -0.15) is 0 Å². The van der Waals surface area contributed by atoms with Gasteiger partial charge in [-0.15, -0.1) is 0 Å². The standard InChI is InChI=1S/C26H42BrNO6/c1-13(4-7-22(32)28-12-23(33)34)16-5-6-17-24-18(11-21(31)26(16,17)3)25(2)14(9-19(24)30)8-15(29)10-20(25)27/h13-21,24,29-31H,4-12H2,1-3H3,(H,28,32)(H,33,34). The average Bonchev–Trinajstić information content (AvgIpc) is 3.11. The summed E-state index contributed by atoms with van der Waals surface area (Å²) in [6.45, 7) is 6.30. The van der Waals surface area contributed by atoms with E-state index in [0.717, 1.165) is 19.3 Å². The number of fused-ring (bicyclic) bond motifs is 5. The maximum absolute atomic E-state index is 12.1. The third kappa shape index (κ3) is 4.24. The van der Waals surface area contributed by atoms with Crippen LogP contribution < -0.4 is 5.32 Å². The molecule has 8 heteroatoms. The van der Waals surface area contributed by atoms with Gasteiger partial charge in [-0.05, 0) is 91.3 Å². The van der Waals surface area contributed by atoms with Crippen molar-refractivity contribution in [3.05, 3.63) is 0 Å². The molecule has 0 aromatic rings. The van der Waals surface area contributed by atoms with Crippen LogP contribution in [0.2, 0.25) is 0 Å². The number of aliphatic carboxylic acids is 1. The smallest absolute Gasteiger partial charge is 0.322 e. The Labute approximate surface area is 211 Å². The fourth-order valence-corrected chi connectivity index (χ4v) is 10.1. The molecule has 7 nitrogen and oxygen atoms in total. The van der Waals surface area contributed by atoms with Gasteiger partial charge in [0.15, 0.2) is 0 Å². The summed E-state index contributed by atoms with van der Waals surface area (Å²) in [5.74, 6) is 0.00195. The lowest BCUT2D eigenvalue weighted by Gasteiger charge is -2.64. The highest BCUT2D eigenvalue weighted by Crippen LogP contribution is 2.69. The monoisotopic (exact) mass is 543 g/mol. The van der Waals surface area contributed by atoms with Crippen LogP contribution in [0.5, 0.6) is 0 Å². The first-order valence-corrected chi connectivity index (χ1v) is 14.0. The van der Waals surface area contributed by atoms with Gasteiger partial charge in [0.05, 0.1) is 18.3 Å². The number of carbonyl (C=O) groups excluding carboxylic acids is 1. The second kappa shape index (κ2) is 9.64. The topological polar surface area (TPSA) is 127 Å². The van der Waals surface area contributed by atoms with Gasteiger partial charge in [0.25, 0.3) is 0 Å². The summed E-state index contributed by atoms with van der Waals surface area (Å²) in [5.41, 5.74) is -0.365. The van der Waals surface area contributed by atoms with Crippen molar-refractivity contribution in [2.24, 2.45) is 46.3 Å². The minimum atomic E-state index is -1.05. The van der Waals surface area contributed by atoms with Crippen molar-refractivity contribution in [1.82, 2.24) is 5.32 Å². The Morgan fingerprint density at radius 1 is 1.03 bits per heavy atom. The molecule has 0 bridgehead atoms. The normalized spacial score (nSPS) is 48.9. The zero-order chi connectivity index (χ0) is 25.0. The second-order valence-corrected chi connectivity index (χ2v) is 13.3. The van der Waals surface area contributed by atoms with Crippen LogP contribution in [-0.2, 0) is 9.59 Å². The predicted octanol–water partition coefficient (Wildman–Crippen LogP) is 2.94. The highest BCUT2D eigenvalue weighted by molar-refractivity contribution is 9.09. The molecule has 4 aliphatic rings. The first-order chi connectivity index (χ1) is 15.9. The molecular formula is C26H42BrNO6. The van der Waals surface area contributed by atoms with Gasteiger partial charge in [0.1, 0.15) is 6.54 Å². The first kappa shape index (κ1) is 26.4. The first-order valence-electron chi connectivity index (χ1n) is 13.1. The summed E-state index contributed by atoms with van der Waals surface area (Å²) in [6, 6.07) is 0. The molecule has 0 radical (unpaired) electrons. The predicted molar refractivity (Wildman–Crippen MR) is 131 cm³/mol. The Bertz CT molecular complexity index is 795. The summed E-state index contributed by atoms with van der Waals surface area (Å²) in [7, 11) is 0. The number of nitrogens with one attached hydrogen (secondary N) is 1. The van der Waals surface area contributed by atoms with E-state index in [1.165, 1.54) is 0 Å². The van der Waals surface area contributed by atoms with Crippen molar-refractivity contribution in [3.8, 4) is 0 Å². The Balaban J connectivity index is 1.51. The quantitative estimate of drug-likeness (QED) is 0.328. The number of carboxylic acid groups (broad SMARTS) is 1. The van der Waals surface area contributed by atoms with E-state index in [-0.39, 0.29) is 76.1 Å². The largest absolute Gasteiger partial charge is 0.480 e. The number of alkyl halides is 1. The third-order valence-corrected chi connectivity index (χ3v) is 12.2. The fourth-order valence-electron chi connectivity index (χ4n) is 8.98. The Hall–Kier alpha value is -0.700. The number of carboxylic acids is 1. The number of aliphatic hydroxyl groups is 3. The number of hydrogen-bond acceptors (Lipinski definition) is 5. The molecule has 12 unspecified atom stereocenters. The molecule has 0 spiro atoms. The maximum Gasteiger partial charge on any atom is 0.322 e. The molecule has 0 aromatic heterocycles. The third-order valence-electron chi connectivity index (χ3n) is 10.8. The number of rotatable bonds is 6. The van der Waals surface area contributed by atoms with Gasteiger partial charge in [0.2, 0.25) is 5.91 Å². The highest BCUT2D eigenvalue weighted by Gasteiger charge is 2.67. The van der Waals surface area contributed by atoms with E-state index < -0.39 is 18.2 Å². The lowest BCUT2D eigenvalue weighted by molar-refractivity contribution is -0.204. The van der Waals surface area contributed by atoms with Crippen LogP contribution in [0, 0.1) is 46.3 Å². The lowest BCUT2D eigenvalue weighted by Crippen LogP contribution is -2.64. The molecule has 4 saturated carbocycles. The molecule has 4 rings (SSSR count). The fraction of sp³-hybridized carbons (Fsp3) is 0.923. The van der Waals surface area contributed by atoms with Gasteiger partial charge >= 0.3 is 5.97 Å². The van der Waals surface area contributed by atoms with E-state index in [1.54, 1.807) is 0 Å². The molecule has 194 valence electrons. The maximum atomic E-state index is 12.1. The number of amides is 1. The van der Waals surface area contributed by atoms with E-state index in [1.807, 2.05) is 0 Å². The van der Waals surface area contributed by atoms with Gasteiger partial charge in [-0.25, -0.2) is 0 Å². The second-order valence-electron chi connectivity index (χ2n) is 12.2. The zero-order valence-electron chi connectivity index (χ0n) is 20.6. The van der Waals surface area contributed by atoms with Crippen molar-refractivity contribution in [2.45, 2.75) is 95.3 Å². The van der Waals surface area contributed by atoms with Crippen LogP contribution in [0.15, 0.2) is 0 Å². The van der Waals surface area contributed by atoms with Crippen LogP contribution in [-0.4, -0.2) is 62.0 Å². The van der Waals surface area contributed by atoms with E-state index in [9.17, 15) is 24.9 Å². The SMILES string of the molecule is CC(CCC(=O)NCC(=O)O)C1CCC2C3C(O)CC4CC(O)CC(Br)C4(C)C3CC(O)C12C. The van der Waals surface area contributed by atoms with Crippen LogP contribution >= 0.6 is 15.9 Å². The Kier molecular flexibility index (Phi) is 7.47. The van der Waals surface area contributed by atoms with Crippen LogP contribution in [0.1, 0.15) is 72.1 Å². The molecular weight excluding hydrogens is 502 g/mol. The molecule has 4 fully saturated rings. The van der Waals surface area contributed by atoms with Gasteiger partial charge in [-0.1, -0.05) is 36.7 Å². The zero-order valence-corrected chi connectivity index (χ0v) is 22.2. The van der Waals surface area contributed by atoms with Crippen LogP contribution in [0.25, 0.3) is 0 Å². The molecule has 0 heterocycles. The van der Waals surface area contributed by atoms with Crippen molar-refractivity contribution in [1.29, 1.82) is 0 Å². The van der Waals surface area contributed by atoms with Crippen molar-refractivity contribution in [2.75, 3.05) is 6.54 Å². The number of carbonyl (C=O) groups is 2. The molecule has 5 N–H and O–H groups in total. The molecule has 1 amide bonds. The number of aliphatic hydroxyl groups excluding tert-OH is 3. The highest BCUT2D eigenvalue weighted by atomic mass is 79.9. The molecule has 0 saturated heterocycles. The van der Waals surface area contributed by atoms with Gasteiger partial charge in [0, 0.05) is 11.2 Å². The number of hydrogen-bond donors (Lipinski definition) is 5. The summed E-state index contributed by atoms with van der Waals surface area (Å²) in [5, 5.41) is 44.7. The molecule has 12 atom stereocenters. The summed E-state index contributed by atoms with van der Waals surface area (Å²) >= 11 is 3.91. The lowest BCUT2D eigenvalue weighted by atomic mass is 9.43. The average molecular weight is 545 g/mol. The van der Waals surface area contributed by atoms with E-state index in [2.05, 4.69) is 42.0 Å². The molecule has 0 aliphatic heterocycles. The van der Waals surface area contributed by atoms with E-state index >= 15 is 0 Å². The summed E-state index contributed by atoms with van der Waals surface area (Å²) in [6.07, 6.45) is 4.48. The Morgan fingerprint density at radius 2 is 1.74 bits per heavy atom. The molecule has 0 aromatic carbocycles. The molecule has 4 aliphatic carbocycles. The number of halogens is 1. The van der Waals surface area contributed by atoms with E-state index in [4.69, 9.17) is 5.11 Å². The van der Waals surface area contributed by atoms with Crippen molar-refractivity contribution < 1.29 is 30.0 Å². The van der Waals surface area contributed by atoms with Crippen LogP contribution in [0.3, 0.4) is 0 Å². The minimum Gasteiger partial charge on any atom is -0.480 e.